The highest BCUT2D eigenvalue weighted by Crippen LogP contribution is 2.58. The molecule has 4 aliphatic heterocycles. The number of unbranched alkanes of at least 4 members (excludes halogenated alkanes) is 8. The van der Waals surface area contributed by atoms with Gasteiger partial charge in [-0.15, -0.1) is 0 Å². The molecule has 10 heteroatoms. The summed E-state index contributed by atoms with van der Waals surface area (Å²) in [6, 6.07) is 18.7. The highest BCUT2D eigenvalue weighted by Gasteiger charge is 2.41. The van der Waals surface area contributed by atoms with E-state index in [1.165, 1.54) is 50.1 Å². The second kappa shape index (κ2) is 23.3. The van der Waals surface area contributed by atoms with E-state index in [-0.39, 0.29) is 50.8 Å². The number of hydrogen-bond donors (Lipinski definition) is 0. The topological polar surface area (TPSA) is 81.6 Å². The standard InChI is InChI=1S/C67H82N2O8/c1-9-13-17-21-47-51-33-52-48(22-18-14-10-2)54-35-56-50(24-20-16-12-4)58-36-57-49(23-19-15-11-3)55-34-53(47)62-43(6)64(55)74-40-76-66(57)59(37-69-31-27-46(28-32-69)45-25-29-68(8)30-26-45)67(58)77-41-75-65(56)44(7)63(54)73-39-71-61(52)42(5)60(51)70-38-72-62/h25-36,47-50H,9-24,37-41H2,1-8H3/q+2/t47?,48?,49-,50+. The Morgan fingerprint density at radius 2 is 0.623 bits per heavy atom. The molecule has 406 valence electrons. The number of ether oxygens (including phenoxy) is 8. The number of nitrogens with zero attached hydrogens (tertiary/aromatic N) is 2. The summed E-state index contributed by atoms with van der Waals surface area (Å²) in [6.45, 7) is 16.4. The Balaban J connectivity index is 1.25. The van der Waals surface area contributed by atoms with Crippen LogP contribution in [0.3, 0.4) is 0 Å². The third kappa shape index (κ3) is 10.1. The summed E-state index contributed by atoms with van der Waals surface area (Å²) < 4.78 is 60.3. The largest absolute Gasteiger partial charge is 0.457 e. The molecule has 2 unspecified atom stereocenters. The molecular formula is C67H82N2O8+2. The van der Waals surface area contributed by atoms with Gasteiger partial charge in [0, 0.05) is 109 Å². The number of aromatic nitrogens is 2. The monoisotopic (exact) mass is 1040 g/mol. The molecule has 5 aliphatic rings. The molecule has 1 aliphatic carbocycles. The van der Waals surface area contributed by atoms with Crippen molar-refractivity contribution >= 4 is 0 Å². The van der Waals surface area contributed by atoms with Gasteiger partial charge < -0.3 is 37.9 Å². The van der Waals surface area contributed by atoms with Gasteiger partial charge in [-0.3, -0.25) is 0 Å². The molecule has 2 aromatic heterocycles. The molecule has 0 saturated heterocycles. The molecule has 6 heterocycles. The first-order valence-corrected chi connectivity index (χ1v) is 29.4. The first kappa shape index (κ1) is 52.6. The van der Waals surface area contributed by atoms with Gasteiger partial charge in [-0.05, 0) is 81.8 Å². The van der Waals surface area contributed by atoms with E-state index >= 15 is 0 Å². The van der Waals surface area contributed by atoms with Gasteiger partial charge in [0.15, 0.2) is 31.3 Å². The molecule has 10 nitrogen and oxygen atoms in total. The Bertz CT molecular complexity index is 2940. The van der Waals surface area contributed by atoms with E-state index in [1.807, 2.05) is 0 Å². The fraction of sp³-hybridized carbons (Fsp3) is 0.493. The Labute approximate surface area is 457 Å². The van der Waals surface area contributed by atoms with Crippen LogP contribution in [0.5, 0.6) is 46.0 Å². The average Bonchev–Trinajstić information content (AvgIpc) is 3.43. The van der Waals surface area contributed by atoms with Crippen molar-refractivity contribution in [2.75, 3.05) is 27.2 Å². The van der Waals surface area contributed by atoms with Crippen molar-refractivity contribution in [1.29, 1.82) is 0 Å². The molecule has 0 radical (unpaired) electrons. The quantitative estimate of drug-likeness (QED) is 0.0586. The molecule has 0 saturated carbocycles. The van der Waals surface area contributed by atoms with Crippen molar-refractivity contribution in [3.63, 3.8) is 0 Å². The van der Waals surface area contributed by atoms with Crippen LogP contribution in [-0.2, 0) is 13.6 Å². The van der Waals surface area contributed by atoms with Gasteiger partial charge in [-0.2, -0.15) is 0 Å². The first-order chi connectivity index (χ1) is 37.7. The molecule has 8 bridgehead atoms. The summed E-state index contributed by atoms with van der Waals surface area (Å²) in [4.78, 5) is 0. The van der Waals surface area contributed by atoms with Crippen LogP contribution in [0.4, 0.5) is 0 Å². The average molecular weight is 1040 g/mol. The lowest BCUT2D eigenvalue weighted by molar-refractivity contribution is -0.688. The fourth-order valence-corrected chi connectivity index (χ4v) is 13.5. The van der Waals surface area contributed by atoms with Crippen molar-refractivity contribution in [2.24, 2.45) is 7.05 Å². The third-order valence-electron chi connectivity index (χ3n) is 17.5. The fourth-order valence-electron chi connectivity index (χ4n) is 13.5. The smallest absolute Gasteiger partial charge is 0.230 e. The zero-order valence-corrected chi connectivity index (χ0v) is 47.2. The summed E-state index contributed by atoms with van der Waals surface area (Å²) in [6.07, 6.45) is 25.5. The predicted octanol–water partition coefficient (Wildman–Crippen LogP) is 15.5. The minimum Gasteiger partial charge on any atom is -0.457 e. The SMILES string of the molecule is CCCCCC1c2cc3c4c(C)c2OCOc2c1cc1c(c2C)OCOc2c(cc5c(c2C[n+]2ccc(-c6cc[n+](C)cc6)cc2)OCOc2c(cc(c(c2C)OCO4)C3CCCCC)[C@@H]5CCCCC)[C@@H]1CCCCC. The summed E-state index contributed by atoms with van der Waals surface area (Å²) in [7, 11) is 2.05. The normalized spacial score (nSPS) is 18.3. The summed E-state index contributed by atoms with van der Waals surface area (Å²) in [5, 5.41) is 0. The van der Waals surface area contributed by atoms with Gasteiger partial charge in [0.1, 0.15) is 58.6 Å². The van der Waals surface area contributed by atoms with E-state index in [9.17, 15) is 0 Å². The Kier molecular flexibility index (Phi) is 15.9. The van der Waals surface area contributed by atoms with Crippen LogP contribution in [0, 0.1) is 20.8 Å². The Morgan fingerprint density at radius 3 is 0.909 bits per heavy atom. The van der Waals surface area contributed by atoms with Gasteiger partial charge in [-0.25, -0.2) is 9.13 Å². The second-order valence-corrected chi connectivity index (χ2v) is 22.5. The lowest BCUT2D eigenvalue weighted by Gasteiger charge is -2.37. The van der Waals surface area contributed by atoms with Crippen LogP contribution in [0.2, 0.25) is 0 Å². The van der Waals surface area contributed by atoms with Crippen molar-refractivity contribution in [3.8, 4) is 57.1 Å². The predicted molar refractivity (Wildman–Crippen MR) is 301 cm³/mol. The van der Waals surface area contributed by atoms with Crippen LogP contribution in [-0.4, -0.2) is 27.2 Å². The zero-order valence-electron chi connectivity index (χ0n) is 47.2. The molecule has 4 aromatic carbocycles. The molecule has 11 rings (SSSR count). The van der Waals surface area contributed by atoms with Crippen LogP contribution < -0.4 is 47.0 Å². The third-order valence-corrected chi connectivity index (χ3v) is 17.5. The van der Waals surface area contributed by atoms with Gasteiger partial charge in [0.2, 0.25) is 27.2 Å². The van der Waals surface area contributed by atoms with E-state index in [0.717, 1.165) is 177 Å². The van der Waals surface area contributed by atoms with Crippen LogP contribution in [0.1, 0.15) is 221 Å². The maximum absolute atomic E-state index is 7.16. The highest BCUT2D eigenvalue weighted by atomic mass is 16.7. The number of benzene rings is 4. The van der Waals surface area contributed by atoms with Crippen LogP contribution >= 0.6 is 0 Å². The minimum atomic E-state index is -0.0656. The van der Waals surface area contributed by atoms with Crippen molar-refractivity contribution in [1.82, 2.24) is 0 Å². The summed E-state index contributed by atoms with van der Waals surface area (Å²) in [5.41, 5.74) is 15.9. The van der Waals surface area contributed by atoms with Gasteiger partial charge in [-0.1, -0.05) is 105 Å². The van der Waals surface area contributed by atoms with E-state index in [0.29, 0.717) is 6.54 Å². The van der Waals surface area contributed by atoms with Crippen LogP contribution in [0.25, 0.3) is 11.1 Å². The van der Waals surface area contributed by atoms with E-state index in [1.54, 1.807) is 0 Å². The number of rotatable bonds is 19. The minimum absolute atomic E-state index is 0.0239. The molecule has 77 heavy (non-hydrogen) atoms. The lowest BCUT2D eigenvalue weighted by atomic mass is 9.74. The molecule has 0 spiro atoms. The molecule has 0 amide bonds. The van der Waals surface area contributed by atoms with E-state index in [2.05, 4.69) is 138 Å². The summed E-state index contributed by atoms with van der Waals surface area (Å²) >= 11 is 0. The van der Waals surface area contributed by atoms with Crippen molar-refractivity contribution in [3.05, 3.63) is 140 Å². The maximum Gasteiger partial charge on any atom is 0.230 e. The molecular weight excluding hydrogens is 961 g/mol. The van der Waals surface area contributed by atoms with Gasteiger partial charge >= 0.3 is 0 Å². The zero-order chi connectivity index (χ0) is 53.2. The Morgan fingerprint density at radius 1 is 0.364 bits per heavy atom. The van der Waals surface area contributed by atoms with Crippen LogP contribution in [0.15, 0.2) is 73.3 Å². The second-order valence-electron chi connectivity index (χ2n) is 22.5. The number of aryl methyl sites for hydroxylation is 1. The van der Waals surface area contributed by atoms with E-state index < -0.39 is 0 Å². The molecule has 4 atom stereocenters. The maximum atomic E-state index is 7.16. The molecule has 0 N–H and O–H groups in total. The van der Waals surface area contributed by atoms with Gasteiger partial charge in [0.05, 0.1) is 0 Å². The molecule has 0 fully saturated rings. The number of hydrogen-bond acceptors (Lipinski definition) is 8. The first-order valence-electron chi connectivity index (χ1n) is 29.4. The molecule has 6 aromatic rings. The van der Waals surface area contributed by atoms with E-state index in [4.69, 9.17) is 37.9 Å². The highest BCUT2D eigenvalue weighted by molar-refractivity contribution is 5.69. The van der Waals surface area contributed by atoms with Crippen molar-refractivity contribution < 1.29 is 47.0 Å². The summed E-state index contributed by atoms with van der Waals surface area (Å²) in [5.74, 6) is 6.60. The Hall–Kier alpha value is -6.42. The van der Waals surface area contributed by atoms with Gasteiger partial charge in [0.25, 0.3) is 0 Å². The lowest BCUT2D eigenvalue weighted by Crippen LogP contribution is -2.34. The number of pyridine rings is 2. The van der Waals surface area contributed by atoms with Crippen molar-refractivity contribution in [2.45, 2.75) is 181 Å².